The van der Waals surface area contributed by atoms with E-state index < -0.39 is 0 Å². The zero-order chi connectivity index (χ0) is 15.2. The first-order valence-corrected chi connectivity index (χ1v) is 7.88. The SMILES string of the molecule is CCc1nnc(C)cc1C(=O)NCC1CCCCC1CO. The van der Waals surface area contributed by atoms with E-state index in [-0.39, 0.29) is 12.5 Å². The number of nitrogens with zero attached hydrogens (tertiary/aromatic N) is 2. The van der Waals surface area contributed by atoms with E-state index >= 15 is 0 Å². The topological polar surface area (TPSA) is 75.1 Å². The molecule has 1 fully saturated rings. The largest absolute Gasteiger partial charge is 0.396 e. The van der Waals surface area contributed by atoms with Gasteiger partial charge in [0.2, 0.25) is 0 Å². The fourth-order valence-corrected chi connectivity index (χ4v) is 3.08. The highest BCUT2D eigenvalue weighted by Gasteiger charge is 2.25. The fourth-order valence-electron chi connectivity index (χ4n) is 3.08. The third-order valence-electron chi connectivity index (χ3n) is 4.40. The summed E-state index contributed by atoms with van der Waals surface area (Å²) in [5, 5.41) is 20.5. The first kappa shape index (κ1) is 15.9. The molecule has 2 unspecified atom stereocenters. The Balaban J connectivity index is 1.99. The molecule has 0 bridgehead atoms. The van der Waals surface area contributed by atoms with Crippen molar-refractivity contribution in [1.29, 1.82) is 0 Å². The van der Waals surface area contributed by atoms with E-state index in [0.29, 0.717) is 30.4 Å². The minimum atomic E-state index is -0.0767. The van der Waals surface area contributed by atoms with Crippen molar-refractivity contribution in [3.05, 3.63) is 23.0 Å². The smallest absolute Gasteiger partial charge is 0.253 e. The molecule has 5 nitrogen and oxygen atoms in total. The molecule has 2 atom stereocenters. The molecule has 1 saturated carbocycles. The van der Waals surface area contributed by atoms with Gasteiger partial charge in [0, 0.05) is 13.2 Å². The van der Waals surface area contributed by atoms with Gasteiger partial charge in [-0.3, -0.25) is 4.79 Å². The Kier molecular flexibility index (Phi) is 5.67. The van der Waals surface area contributed by atoms with Gasteiger partial charge in [0.1, 0.15) is 0 Å². The van der Waals surface area contributed by atoms with Crippen LogP contribution in [0.15, 0.2) is 6.07 Å². The maximum atomic E-state index is 12.4. The van der Waals surface area contributed by atoms with Gasteiger partial charge < -0.3 is 10.4 Å². The predicted molar refractivity (Wildman–Crippen MR) is 81.0 cm³/mol. The van der Waals surface area contributed by atoms with Gasteiger partial charge in [-0.2, -0.15) is 10.2 Å². The Morgan fingerprint density at radius 1 is 1.33 bits per heavy atom. The van der Waals surface area contributed by atoms with E-state index in [9.17, 15) is 9.90 Å². The number of carbonyl (C=O) groups is 1. The number of hydrogen-bond donors (Lipinski definition) is 2. The number of aromatic nitrogens is 2. The Labute approximate surface area is 126 Å². The molecule has 0 aromatic carbocycles. The average Bonchev–Trinajstić information content (AvgIpc) is 2.52. The number of carbonyl (C=O) groups excluding carboxylic acids is 1. The van der Waals surface area contributed by atoms with Crippen LogP contribution in [0, 0.1) is 18.8 Å². The van der Waals surface area contributed by atoms with Gasteiger partial charge in [-0.1, -0.05) is 19.8 Å². The van der Waals surface area contributed by atoms with E-state index in [0.717, 1.165) is 24.2 Å². The summed E-state index contributed by atoms with van der Waals surface area (Å²) in [5.41, 5.74) is 2.12. The molecule has 5 heteroatoms. The monoisotopic (exact) mass is 291 g/mol. The Bertz CT molecular complexity index is 490. The summed E-state index contributed by atoms with van der Waals surface area (Å²) in [6.07, 6.45) is 5.21. The second-order valence-corrected chi connectivity index (χ2v) is 5.90. The van der Waals surface area contributed by atoms with E-state index in [2.05, 4.69) is 15.5 Å². The van der Waals surface area contributed by atoms with Crippen LogP contribution in [-0.2, 0) is 6.42 Å². The lowest BCUT2D eigenvalue weighted by atomic mass is 9.79. The average molecular weight is 291 g/mol. The second kappa shape index (κ2) is 7.50. The Hall–Kier alpha value is -1.49. The number of aliphatic hydroxyl groups excluding tert-OH is 1. The molecule has 0 spiro atoms. The molecule has 1 aromatic heterocycles. The summed E-state index contributed by atoms with van der Waals surface area (Å²) in [5.74, 6) is 0.628. The van der Waals surface area contributed by atoms with Gasteiger partial charge in [0.05, 0.1) is 17.0 Å². The Morgan fingerprint density at radius 3 is 2.71 bits per heavy atom. The van der Waals surface area contributed by atoms with Gasteiger partial charge in [-0.05, 0) is 44.1 Å². The molecule has 2 rings (SSSR count). The lowest BCUT2D eigenvalue weighted by Crippen LogP contribution is -2.36. The fraction of sp³-hybridized carbons (Fsp3) is 0.688. The van der Waals surface area contributed by atoms with Crippen LogP contribution >= 0.6 is 0 Å². The van der Waals surface area contributed by atoms with E-state index in [1.165, 1.54) is 12.8 Å². The van der Waals surface area contributed by atoms with Crippen molar-refractivity contribution in [2.24, 2.45) is 11.8 Å². The quantitative estimate of drug-likeness (QED) is 0.868. The summed E-state index contributed by atoms with van der Waals surface area (Å²) in [6.45, 7) is 4.66. The van der Waals surface area contributed by atoms with Gasteiger partial charge in [0.15, 0.2) is 0 Å². The summed E-state index contributed by atoms with van der Waals surface area (Å²) < 4.78 is 0. The van der Waals surface area contributed by atoms with E-state index in [1.807, 2.05) is 13.8 Å². The molecule has 0 radical (unpaired) electrons. The van der Waals surface area contributed by atoms with Crippen molar-refractivity contribution in [3.8, 4) is 0 Å². The summed E-state index contributed by atoms with van der Waals surface area (Å²) >= 11 is 0. The lowest BCUT2D eigenvalue weighted by molar-refractivity contribution is 0.0907. The normalized spacial score (nSPS) is 22.0. The van der Waals surface area contributed by atoms with Crippen molar-refractivity contribution < 1.29 is 9.90 Å². The van der Waals surface area contributed by atoms with Gasteiger partial charge in [-0.25, -0.2) is 0 Å². The Morgan fingerprint density at radius 2 is 2.05 bits per heavy atom. The van der Waals surface area contributed by atoms with Crippen LogP contribution in [0.3, 0.4) is 0 Å². The molecule has 0 aliphatic heterocycles. The van der Waals surface area contributed by atoms with E-state index in [4.69, 9.17) is 0 Å². The first-order chi connectivity index (χ1) is 10.2. The number of aryl methyl sites for hydroxylation is 2. The second-order valence-electron chi connectivity index (χ2n) is 5.90. The molecular weight excluding hydrogens is 266 g/mol. The summed E-state index contributed by atoms with van der Waals surface area (Å²) in [4.78, 5) is 12.4. The molecule has 116 valence electrons. The van der Waals surface area contributed by atoms with Gasteiger partial charge in [0.25, 0.3) is 5.91 Å². The zero-order valence-electron chi connectivity index (χ0n) is 12.9. The van der Waals surface area contributed by atoms with Crippen LogP contribution in [0.1, 0.15) is 54.4 Å². The zero-order valence-corrected chi connectivity index (χ0v) is 12.9. The van der Waals surface area contributed by atoms with E-state index in [1.54, 1.807) is 6.07 Å². The highest BCUT2D eigenvalue weighted by molar-refractivity contribution is 5.95. The van der Waals surface area contributed by atoms with Crippen molar-refractivity contribution in [1.82, 2.24) is 15.5 Å². The van der Waals surface area contributed by atoms with Crippen LogP contribution in [0.5, 0.6) is 0 Å². The first-order valence-electron chi connectivity index (χ1n) is 7.88. The minimum Gasteiger partial charge on any atom is -0.396 e. The van der Waals surface area contributed by atoms with Crippen LogP contribution in [0.2, 0.25) is 0 Å². The number of nitrogens with one attached hydrogen (secondary N) is 1. The standard InChI is InChI=1S/C16H25N3O2/c1-3-15-14(8-11(2)18-19-15)16(21)17-9-12-6-4-5-7-13(12)10-20/h8,12-13,20H,3-7,9-10H2,1-2H3,(H,17,21). The maximum Gasteiger partial charge on any atom is 0.253 e. The number of amides is 1. The molecule has 1 heterocycles. The van der Waals surface area contributed by atoms with Crippen LogP contribution in [0.25, 0.3) is 0 Å². The van der Waals surface area contributed by atoms with Crippen LogP contribution < -0.4 is 5.32 Å². The molecule has 1 aliphatic rings. The third kappa shape index (κ3) is 4.00. The molecule has 21 heavy (non-hydrogen) atoms. The summed E-state index contributed by atoms with van der Waals surface area (Å²) in [6, 6.07) is 1.80. The molecule has 1 aromatic rings. The number of hydrogen-bond acceptors (Lipinski definition) is 4. The van der Waals surface area contributed by atoms with Gasteiger partial charge in [-0.15, -0.1) is 0 Å². The van der Waals surface area contributed by atoms with Crippen LogP contribution in [-0.4, -0.2) is 34.4 Å². The predicted octanol–water partition coefficient (Wildman–Crippen LogP) is 1.88. The minimum absolute atomic E-state index is 0.0767. The highest BCUT2D eigenvalue weighted by atomic mass is 16.3. The molecule has 1 amide bonds. The third-order valence-corrected chi connectivity index (χ3v) is 4.40. The molecular formula is C16H25N3O2. The molecule has 0 saturated heterocycles. The molecule has 2 N–H and O–H groups in total. The van der Waals surface area contributed by atoms with Crippen molar-refractivity contribution in [3.63, 3.8) is 0 Å². The van der Waals surface area contributed by atoms with Crippen LogP contribution in [0.4, 0.5) is 0 Å². The van der Waals surface area contributed by atoms with Crippen molar-refractivity contribution in [2.45, 2.75) is 46.0 Å². The number of aliphatic hydroxyl groups is 1. The summed E-state index contributed by atoms with van der Waals surface area (Å²) in [7, 11) is 0. The lowest BCUT2D eigenvalue weighted by Gasteiger charge is -2.30. The van der Waals surface area contributed by atoms with Crippen molar-refractivity contribution in [2.75, 3.05) is 13.2 Å². The maximum absolute atomic E-state index is 12.4. The highest BCUT2D eigenvalue weighted by Crippen LogP contribution is 2.29. The number of rotatable bonds is 5. The van der Waals surface area contributed by atoms with Gasteiger partial charge >= 0.3 is 0 Å². The van der Waals surface area contributed by atoms with Crippen molar-refractivity contribution >= 4 is 5.91 Å². The molecule has 1 aliphatic carbocycles.